The second-order valence-corrected chi connectivity index (χ2v) is 10.7. The van der Waals surface area contributed by atoms with Crippen molar-refractivity contribution in [2.24, 2.45) is 4.99 Å². The number of likely N-dealkylation sites (tertiary alicyclic amines) is 1. The summed E-state index contributed by atoms with van der Waals surface area (Å²) in [4.78, 5) is 24.7. The molecule has 3 N–H and O–H groups in total. The number of carbonyl (C=O) groups excluding carboxylic acids is 1. The molecule has 0 saturated carbocycles. The van der Waals surface area contributed by atoms with E-state index in [0.717, 1.165) is 41.5 Å². The largest absolute Gasteiger partial charge is 0.492 e. The lowest BCUT2D eigenvalue weighted by atomic mass is 9.90. The van der Waals surface area contributed by atoms with Gasteiger partial charge < -0.3 is 15.4 Å². The summed E-state index contributed by atoms with van der Waals surface area (Å²) in [7, 11) is 0. The Labute approximate surface area is 205 Å². The molecule has 2 aliphatic rings. The zero-order chi connectivity index (χ0) is 24.4. The number of rotatable bonds is 6. The number of fused-ring (bicyclic) bond motifs is 3. The van der Waals surface area contributed by atoms with E-state index >= 15 is 0 Å². The van der Waals surface area contributed by atoms with Crippen molar-refractivity contribution in [3.63, 3.8) is 0 Å². The van der Waals surface area contributed by atoms with Gasteiger partial charge in [0.15, 0.2) is 10.8 Å². The molecule has 2 aromatic rings. The molecule has 34 heavy (non-hydrogen) atoms. The molecular weight excluding hydrogens is 448 g/mol. The van der Waals surface area contributed by atoms with Gasteiger partial charge in [-0.3, -0.25) is 15.1 Å². The van der Waals surface area contributed by atoms with Crippen LogP contribution < -0.4 is 15.4 Å². The highest BCUT2D eigenvalue weighted by Gasteiger charge is 2.31. The third-order valence-corrected chi connectivity index (χ3v) is 6.82. The highest BCUT2D eigenvalue weighted by Crippen LogP contribution is 2.40. The van der Waals surface area contributed by atoms with Crippen molar-refractivity contribution in [3.05, 3.63) is 33.6 Å². The second-order valence-electron chi connectivity index (χ2n) is 9.60. The molecule has 0 unspecified atom stereocenters. The van der Waals surface area contributed by atoms with Crippen molar-refractivity contribution in [2.75, 3.05) is 26.2 Å². The lowest BCUT2D eigenvalue weighted by Gasteiger charge is -2.39. The lowest BCUT2D eigenvalue weighted by molar-refractivity contribution is -0.123. The maximum atomic E-state index is 12.0. The number of amidine groups is 2. The first-order valence-electron chi connectivity index (χ1n) is 11.9. The predicted molar refractivity (Wildman–Crippen MR) is 137 cm³/mol. The number of aliphatic imine (C=N–C) groups is 1. The summed E-state index contributed by atoms with van der Waals surface area (Å²) in [5, 5.41) is 14.9. The molecule has 0 atom stereocenters. The van der Waals surface area contributed by atoms with Crippen LogP contribution in [0.4, 0.5) is 0 Å². The van der Waals surface area contributed by atoms with Crippen molar-refractivity contribution < 1.29 is 9.53 Å². The van der Waals surface area contributed by atoms with Crippen molar-refractivity contribution in [3.8, 4) is 17.0 Å². The molecule has 0 radical (unpaired) electrons. The molecular formula is C25H34N6O2S. The van der Waals surface area contributed by atoms with E-state index in [-0.39, 0.29) is 23.8 Å². The first-order valence-corrected chi connectivity index (χ1v) is 12.7. The van der Waals surface area contributed by atoms with E-state index in [9.17, 15) is 4.79 Å². The van der Waals surface area contributed by atoms with E-state index in [1.54, 1.807) is 18.3 Å². The van der Waals surface area contributed by atoms with Crippen LogP contribution in [0.3, 0.4) is 0 Å². The van der Waals surface area contributed by atoms with Gasteiger partial charge in [-0.05, 0) is 52.3 Å². The molecule has 3 heterocycles. The third-order valence-electron chi connectivity index (χ3n) is 5.70. The Morgan fingerprint density at radius 1 is 1.26 bits per heavy atom. The fourth-order valence-corrected chi connectivity index (χ4v) is 5.27. The normalized spacial score (nSPS) is 16.4. The first kappa shape index (κ1) is 24.3. The first-order chi connectivity index (χ1) is 16.2. The Hall–Kier alpha value is -2.78. The number of benzene rings is 1. The maximum absolute atomic E-state index is 12.0. The number of hydrogen-bond acceptors (Lipinski definition) is 6. The monoisotopic (exact) mass is 482 g/mol. The smallest absolute Gasteiger partial charge is 0.234 e. The van der Waals surface area contributed by atoms with Crippen LogP contribution in [0.15, 0.2) is 23.2 Å². The summed E-state index contributed by atoms with van der Waals surface area (Å²) in [6.07, 6.45) is 0.789. The van der Waals surface area contributed by atoms with Gasteiger partial charge in [0.05, 0.1) is 18.8 Å². The zero-order valence-corrected chi connectivity index (χ0v) is 21.4. The Kier molecular flexibility index (Phi) is 7.33. The molecule has 1 fully saturated rings. The third kappa shape index (κ3) is 5.64. The quantitative estimate of drug-likeness (QED) is 0.433. The lowest BCUT2D eigenvalue weighted by Crippen LogP contribution is -2.50. The molecule has 0 bridgehead atoms. The van der Waals surface area contributed by atoms with Gasteiger partial charge >= 0.3 is 0 Å². The number of thiazole rings is 1. The minimum atomic E-state index is 0.0821. The van der Waals surface area contributed by atoms with Crippen LogP contribution in [0.25, 0.3) is 11.3 Å². The topological polar surface area (TPSA) is 103 Å². The van der Waals surface area contributed by atoms with E-state index in [2.05, 4.69) is 52.6 Å². The summed E-state index contributed by atoms with van der Waals surface area (Å²) in [5.41, 5.74) is 3.18. The van der Waals surface area contributed by atoms with Crippen molar-refractivity contribution in [1.82, 2.24) is 20.5 Å². The summed E-state index contributed by atoms with van der Waals surface area (Å²) >= 11 is 1.61. The number of nitrogens with one attached hydrogen (secondary N) is 3. The number of aromatic nitrogens is 1. The van der Waals surface area contributed by atoms with Gasteiger partial charge in [-0.25, -0.2) is 9.98 Å². The number of hydrogen-bond donors (Lipinski definition) is 3. The standard InChI is InChI=1S/C25H34N6O2S/c1-14(2)27-22(32)13-31-11-18(12-31)17-6-7-19-20(10-17)33-9-8-21-23(19)30-25(34-21)24(28-15(3)4)29-16(5)26/h6-7,10,14-15,18H,8-9,11-13H2,1-5H3,(H,27,32)(H2,26,28,29). The van der Waals surface area contributed by atoms with Crippen molar-refractivity contribution in [1.29, 1.82) is 5.41 Å². The highest BCUT2D eigenvalue weighted by molar-refractivity contribution is 7.14. The van der Waals surface area contributed by atoms with Gasteiger partial charge in [-0.1, -0.05) is 6.07 Å². The van der Waals surface area contributed by atoms with Gasteiger partial charge in [0.2, 0.25) is 5.91 Å². The van der Waals surface area contributed by atoms with E-state index in [4.69, 9.17) is 15.1 Å². The van der Waals surface area contributed by atoms with Crippen LogP contribution in [0.2, 0.25) is 0 Å². The predicted octanol–water partition coefficient (Wildman–Crippen LogP) is 3.41. The van der Waals surface area contributed by atoms with Crippen molar-refractivity contribution >= 4 is 28.9 Å². The zero-order valence-electron chi connectivity index (χ0n) is 20.6. The number of amides is 1. The molecule has 0 aliphatic carbocycles. The Bertz CT molecular complexity index is 1100. The fraction of sp³-hybridized carbons (Fsp3) is 0.520. The summed E-state index contributed by atoms with van der Waals surface area (Å²) in [5.74, 6) is 2.24. The number of ether oxygens (including phenoxy) is 1. The van der Waals surface area contributed by atoms with Crippen LogP contribution in [-0.2, 0) is 11.2 Å². The van der Waals surface area contributed by atoms with Gasteiger partial charge in [0, 0.05) is 48.0 Å². The molecule has 0 spiro atoms. The van der Waals surface area contributed by atoms with Gasteiger partial charge in [0.25, 0.3) is 0 Å². The van der Waals surface area contributed by atoms with E-state index < -0.39 is 0 Å². The minimum Gasteiger partial charge on any atom is -0.492 e. The maximum Gasteiger partial charge on any atom is 0.234 e. The Morgan fingerprint density at radius 3 is 2.68 bits per heavy atom. The minimum absolute atomic E-state index is 0.0821. The molecule has 1 amide bonds. The Balaban J connectivity index is 1.52. The van der Waals surface area contributed by atoms with Crippen LogP contribution in [0.5, 0.6) is 5.75 Å². The van der Waals surface area contributed by atoms with Crippen LogP contribution in [-0.4, -0.2) is 65.8 Å². The average molecular weight is 483 g/mol. The molecule has 9 heteroatoms. The molecule has 2 aliphatic heterocycles. The second kappa shape index (κ2) is 10.2. The molecule has 1 saturated heterocycles. The van der Waals surface area contributed by atoms with Crippen LogP contribution in [0, 0.1) is 5.41 Å². The van der Waals surface area contributed by atoms with Gasteiger partial charge in [-0.15, -0.1) is 11.3 Å². The van der Waals surface area contributed by atoms with Gasteiger partial charge in [-0.2, -0.15) is 0 Å². The summed E-state index contributed by atoms with van der Waals surface area (Å²) < 4.78 is 6.12. The van der Waals surface area contributed by atoms with Crippen LogP contribution >= 0.6 is 11.3 Å². The molecule has 1 aromatic carbocycles. The molecule has 182 valence electrons. The van der Waals surface area contributed by atoms with E-state index in [1.165, 1.54) is 10.4 Å². The highest BCUT2D eigenvalue weighted by atomic mass is 32.1. The number of nitrogens with zero attached hydrogens (tertiary/aromatic N) is 3. The fourth-order valence-electron chi connectivity index (χ4n) is 4.26. The van der Waals surface area contributed by atoms with Crippen LogP contribution in [0.1, 0.15) is 56.0 Å². The average Bonchev–Trinajstić information content (AvgIpc) is 3.05. The SMILES string of the molecule is CC(=N)/N=C(\NC(C)C)c1nc2c(s1)CCOc1cc(C3CN(CC(=O)NC(C)C)C3)ccc1-2. The van der Waals surface area contributed by atoms with E-state index in [0.29, 0.717) is 24.9 Å². The van der Waals surface area contributed by atoms with Gasteiger partial charge in [0.1, 0.15) is 11.6 Å². The summed E-state index contributed by atoms with van der Waals surface area (Å²) in [6.45, 7) is 12.5. The molecule has 8 nitrogen and oxygen atoms in total. The van der Waals surface area contributed by atoms with Crippen molar-refractivity contribution in [2.45, 2.75) is 59.0 Å². The molecule has 4 rings (SSSR count). The Morgan fingerprint density at radius 2 is 2.00 bits per heavy atom. The number of carbonyl (C=O) groups is 1. The summed E-state index contributed by atoms with van der Waals surface area (Å²) in [6, 6.07) is 6.78. The van der Waals surface area contributed by atoms with E-state index in [1.807, 2.05) is 13.8 Å². The molecule has 1 aromatic heterocycles.